The zero-order valence-electron chi connectivity index (χ0n) is 5.98. The number of halogens is 1. The summed E-state index contributed by atoms with van der Waals surface area (Å²) in [7, 11) is 0. The average molecular weight is 149 g/mol. The lowest BCUT2D eigenvalue weighted by Crippen LogP contribution is -2.10. The van der Waals surface area contributed by atoms with Gasteiger partial charge in [-0.1, -0.05) is 13.8 Å². The maximum Gasteiger partial charge on any atom is 0.0716 e. The Morgan fingerprint density at radius 1 is 1.67 bits per heavy atom. The van der Waals surface area contributed by atoms with Gasteiger partial charge in [-0.2, -0.15) is 0 Å². The van der Waals surface area contributed by atoms with Crippen molar-refractivity contribution in [2.75, 3.05) is 12.5 Å². The van der Waals surface area contributed by atoms with Gasteiger partial charge >= 0.3 is 0 Å². The van der Waals surface area contributed by atoms with Gasteiger partial charge in [0.15, 0.2) is 0 Å². The van der Waals surface area contributed by atoms with Crippen molar-refractivity contribution in [3.05, 3.63) is 0 Å². The van der Waals surface area contributed by atoms with Crippen LogP contribution in [0.1, 0.15) is 20.3 Å². The molecule has 0 spiro atoms. The highest BCUT2D eigenvalue weighted by molar-refractivity contribution is 6.18. The van der Waals surface area contributed by atoms with Crippen LogP contribution in [0.3, 0.4) is 0 Å². The topological polar surface area (TPSA) is 9.23 Å². The first-order valence-electron chi connectivity index (χ1n) is 3.32. The molecular weight excluding hydrogens is 136 g/mol. The molecule has 9 heavy (non-hydrogen) atoms. The fourth-order valence-corrected chi connectivity index (χ4v) is 1.37. The molecule has 0 aromatic heterocycles. The van der Waals surface area contributed by atoms with Gasteiger partial charge in [0.25, 0.3) is 0 Å². The van der Waals surface area contributed by atoms with E-state index in [0.29, 0.717) is 17.4 Å². The van der Waals surface area contributed by atoms with E-state index in [9.17, 15) is 0 Å². The van der Waals surface area contributed by atoms with E-state index in [0.717, 1.165) is 13.0 Å². The van der Waals surface area contributed by atoms with E-state index in [2.05, 4.69) is 13.8 Å². The Balaban J connectivity index is 2.38. The molecule has 0 aromatic carbocycles. The first kappa shape index (κ1) is 7.36. The van der Waals surface area contributed by atoms with Crippen molar-refractivity contribution in [2.45, 2.75) is 26.4 Å². The lowest BCUT2D eigenvalue weighted by molar-refractivity contribution is 0.114. The second kappa shape index (κ2) is 2.47. The standard InChI is InChI=1S/C7H13ClO/c1-7(2)3-6(4-8)9-5-7/h6H,3-5H2,1-2H3. The molecule has 0 aromatic rings. The van der Waals surface area contributed by atoms with Crippen molar-refractivity contribution in [3.63, 3.8) is 0 Å². The van der Waals surface area contributed by atoms with Gasteiger partial charge in [-0.15, -0.1) is 11.6 Å². The normalized spacial score (nSPS) is 33.0. The van der Waals surface area contributed by atoms with Gasteiger partial charge < -0.3 is 4.74 Å². The Morgan fingerprint density at radius 2 is 2.33 bits per heavy atom. The van der Waals surface area contributed by atoms with Crippen LogP contribution in [0.5, 0.6) is 0 Å². The molecule has 0 aliphatic carbocycles. The summed E-state index contributed by atoms with van der Waals surface area (Å²) in [6.07, 6.45) is 1.41. The van der Waals surface area contributed by atoms with E-state index in [-0.39, 0.29) is 0 Å². The summed E-state index contributed by atoms with van der Waals surface area (Å²) in [4.78, 5) is 0. The quantitative estimate of drug-likeness (QED) is 0.518. The van der Waals surface area contributed by atoms with Crippen LogP contribution in [0, 0.1) is 5.41 Å². The Labute approximate surface area is 61.3 Å². The molecule has 0 saturated carbocycles. The highest BCUT2D eigenvalue weighted by atomic mass is 35.5. The summed E-state index contributed by atoms with van der Waals surface area (Å²) in [5.74, 6) is 0.642. The minimum atomic E-state index is 0.307. The van der Waals surface area contributed by atoms with E-state index in [1.807, 2.05) is 0 Å². The van der Waals surface area contributed by atoms with Crippen molar-refractivity contribution in [3.8, 4) is 0 Å². The number of alkyl halides is 1. The second-order valence-electron chi connectivity index (χ2n) is 3.46. The minimum absolute atomic E-state index is 0.307. The molecule has 0 amide bonds. The monoisotopic (exact) mass is 148 g/mol. The highest BCUT2D eigenvalue weighted by Gasteiger charge is 2.30. The van der Waals surface area contributed by atoms with Crippen LogP contribution in [0.25, 0.3) is 0 Å². The molecule has 0 radical (unpaired) electrons. The molecule has 1 unspecified atom stereocenters. The molecule has 2 heteroatoms. The maximum absolute atomic E-state index is 5.61. The van der Waals surface area contributed by atoms with E-state index in [4.69, 9.17) is 16.3 Å². The summed E-state index contributed by atoms with van der Waals surface area (Å²) in [5.41, 5.74) is 0.361. The van der Waals surface area contributed by atoms with Crippen LogP contribution < -0.4 is 0 Å². The summed E-state index contributed by atoms with van der Waals surface area (Å²) < 4.78 is 5.39. The average Bonchev–Trinajstić information content (AvgIpc) is 2.10. The first-order valence-corrected chi connectivity index (χ1v) is 3.85. The maximum atomic E-state index is 5.61. The molecule has 54 valence electrons. The van der Waals surface area contributed by atoms with Gasteiger partial charge in [0.1, 0.15) is 0 Å². The molecule has 1 aliphatic heterocycles. The summed E-state index contributed by atoms with van der Waals surface area (Å²) in [5, 5.41) is 0. The number of hydrogen-bond donors (Lipinski definition) is 0. The Bertz CT molecular complexity index is 101. The number of rotatable bonds is 1. The van der Waals surface area contributed by atoms with Crippen molar-refractivity contribution in [1.82, 2.24) is 0 Å². The highest BCUT2D eigenvalue weighted by Crippen LogP contribution is 2.31. The molecule has 0 N–H and O–H groups in total. The number of ether oxygens (including phenoxy) is 1. The first-order chi connectivity index (χ1) is 4.14. The van der Waals surface area contributed by atoms with Gasteiger partial charge in [0, 0.05) is 5.88 Å². The third-order valence-electron chi connectivity index (χ3n) is 1.66. The number of hydrogen-bond acceptors (Lipinski definition) is 1. The van der Waals surface area contributed by atoms with Crippen LogP contribution in [0.2, 0.25) is 0 Å². The molecular formula is C7H13ClO. The predicted octanol–water partition coefficient (Wildman–Crippen LogP) is 2.04. The molecule has 1 heterocycles. The SMILES string of the molecule is CC1(C)COC(CCl)C1. The zero-order chi connectivity index (χ0) is 6.91. The predicted molar refractivity (Wildman–Crippen MR) is 38.9 cm³/mol. The fraction of sp³-hybridized carbons (Fsp3) is 1.00. The van der Waals surface area contributed by atoms with Gasteiger partial charge in [-0.05, 0) is 11.8 Å². The summed E-state index contributed by atoms with van der Waals surface area (Å²) in [6.45, 7) is 5.28. The van der Waals surface area contributed by atoms with Crippen LogP contribution in [0.4, 0.5) is 0 Å². The van der Waals surface area contributed by atoms with E-state index >= 15 is 0 Å². The largest absolute Gasteiger partial charge is 0.376 e. The third-order valence-corrected chi connectivity index (χ3v) is 2.01. The van der Waals surface area contributed by atoms with Gasteiger partial charge in [0.05, 0.1) is 12.7 Å². The third kappa shape index (κ3) is 1.84. The van der Waals surface area contributed by atoms with Crippen molar-refractivity contribution < 1.29 is 4.74 Å². The zero-order valence-corrected chi connectivity index (χ0v) is 6.74. The summed E-state index contributed by atoms with van der Waals surface area (Å²) in [6, 6.07) is 0. The van der Waals surface area contributed by atoms with E-state index in [1.54, 1.807) is 0 Å². The van der Waals surface area contributed by atoms with Crippen LogP contribution in [-0.2, 0) is 4.74 Å². The molecule has 1 rings (SSSR count). The van der Waals surface area contributed by atoms with E-state index < -0.39 is 0 Å². The smallest absolute Gasteiger partial charge is 0.0716 e. The molecule has 1 saturated heterocycles. The van der Waals surface area contributed by atoms with Crippen molar-refractivity contribution in [1.29, 1.82) is 0 Å². The molecule has 1 nitrogen and oxygen atoms in total. The second-order valence-corrected chi connectivity index (χ2v) is 3.76. The van der Waals surface area contributed by atoms with Crippen molar-refractivity contribution >= 4 is 11.6 Å². The Morgan fingerprint density at radius 3 is 2.56 bits per heavy atom. The van der Waals surface area contributed by atoms with Crippen molar-refractivity contribution in [2.24, 2.45) is 5.41 Å². The lowest BCUT2D eigenvalue weighted by atomic mass is 9.91. The Hall–Kier alpha value is 0.250. The summed E-state index contributed by atoms with van der Waals surface area (Å²) >= 11 is 5.61. The van der Waals surface area contributed by atoms with Crippen LogP contribution in [-0.4, -0.2) is 18.6 Å². The van der Waals surface area contributed by atoms with Gasteiger partial charge in [0.2, 0.25) is 0 Å². The van der Waals surface area contributed by atoms with Gasteiger partial charge in [-0.3, -0.25) is 0 Å². The van der Waals surface area contributed by atoms with E-state index in [1.165, 1.54) is 0 Å². The lowest BCUT2D eigenvalue weighted by Gasteiger charge is -2.12. The molecule has 1 aliphatic rings. The van der Waals surface area contributed by atoms with Crippen LogP contribution in [0.15, 0.2) is 0 Å². The molecule has 1 atom stereocenters. The molecule has 0 bridgehead atoms. The fourth-order valence-electron chi connectivity index (χ4n) is 1.18. The minimum Gasteiger partial charge on any atom is -0.376 e. The van der Waals surface area contributed by atoms with Gasteiger partial charge in [-0.25, -0.2) is 0 Å². The van der Waals surface area contributed by atoms with Crippen LogP contribution >= 0.6 is 11.6 Å². The molecule has 1 fully saturated rings. The Kier molecular flexibility index (Phi) is 2.02.